The van der Waals surface area contributed by atoms with Gasteiger partial charge in [0.2, 0.25) is 0 Å². The molecule has 0 spiro atoms. The normalized spacial score (nSPS) is 12.5. The van der Waals surface area contributed by atoms with Gasteiger partial charge in [0, 0.05) is 0 Å². The fourth-order valence-electron chi connectivity index (χ4n) is 2.47. The quantitative estimate of drug-likeness (QED) is 0.624. The molecule has 21 heavy (non-hydrogen) atoms. The van der Waals surface area contributed by atoms with Gasteiger partial charge < -0.3 is 0 Å². The molecule has 0 aliphatic heterocycles. The molecule has 0 radical (unpaired) electrons. The van der Waals surface area contributed by atoms with Crippen LogP contribution in [0.1, 0.15) is 13.8 Å². The van der Waals surface area contributed by atoms with Gasteiger partial charge in [0.1, 0.15) is 0 Å². The Balaban J connectivity index is 2.43. The monoisotopic (exact) mass is 408 g/mol. The summed E-state index contributed by atoms with van der Waals surface area (Å²) < 4.78 is 8.17. The molecular formula is C18H22AsBrO. The molecule has 0 N–H and O–H groups in total. The van der Waals surface area contributed by atoms with Gasteiger partial charge in [0.25, 0.3) is 0 Å². The molecule has 0 bridgehead atoms. The molecule has 0 amide bonds. The van der Waals surface area contributed by atoms with Gasteiger partial charge in [-0.25, -0.2) is 0 Å². The fourth-order valence-corrected chi connectivity index (χ4v) is 7.03. The topological polar surface area (TPSA) is 9.23 Å². The number of hydrogen-bond acceptors (Lipinski definition) is 1. The van der Waals surface area contributed by atoms with Crippen molar-refractivity contribution in [2.75, 3.05) is 7.11 Å². The van der Waals surface area contributed by atoms with Gasteiger partial charge in [-0.2, -0.15) is 0 Å². The van der Waals surface area contributed by atoms with Crippen LogP contribution in [-0.4, -0.2) is 21.8 Å². The van der Waals surface area contributed by atoms with Gasteiger partial charge in [-0.3, -0.25) is 0 Å². The standard InChI is InChI=1S/C18H22AsBrO/c1-13(2)12-19(3)15-8-9-18(21-4)17(11-15)14-6-5-7-16(20)10-14/h5-11,13H,12H2,1-4H3. The summed E-state index contributed by atoms with van der Waals surface area (Å²) in [6, 6.07) is 15.1. The first-order valence-corrected chi connectivity index (χ1v) is 12.1. The van der Waals surface area contributed by atoms with Crippen molar-refractivity contribution in [1.29, 1.82) is 0 Å². The fraction of sp³-hybridized carbons (Fsp3) is 0.333. The summed E-state index contributed by atoms with van der Waals surface area (Å²) in [5, 5.41) is 1.34. The zero-order valence-corrected chi connectivity index (χ0v) is 16.5. The van der Waals surface area contributed by atoms with Gasteiger partial charge >= 0.3 is 141 Å². The first-order chi connectivity index (χ1) is 10.0. The number of rotatable bonds is 5. The van der Waals surface area contributed by atoms with Gasteiger partial charge in [-0.15, -0.1) is 0 Å². The molecule has 1 nitrogen and oxygen atoms in total. The Hall–Kier alpha value is -0.722. The first kappa shape index (κ1) is 16.6. The molecule has 2 rings (SSSR count). The van der Waals surface area contributed by atoms with E-state index in [9.17, 15) is 0 Å². The van der Waals surface area contributed by atoms with Crippen molar-refractivity contribution in [3.05, 3.63) is 46.9 Å². The number of hydrogen-bond donors (Lipinski definition) is 0. The second kappa shape index (κ2) is 7.51. The van der Waals surface area contributed by atoms with E-state index < -0.39 is 14.7 Å². The molecule has 2 aromatic rings. The van der Waals surface area contributed by atoms with Crippen LogP contribution >= 0.6 is 15.9 Å². The summed E-state index contributed by atoms with van der Waals surface area (Å²) in [6.45, 7) is 4.62. The Bertz CT molecular complexity index is 610. The summed E-state index contributed by atoms with van der Waals surface area (Å²) >= 11 is 2.60. The summed E-state index contributed by atoms with van der Waals surface area (Å²) in [4.78, 5) is 0. The van der Waals surface area contributed by atoms with Crippen molar-refractivity contribution in [3.63, 3.8) is 0 Å². The van der Waals surface area contributed by atoms with Crippen molar-refractivity contribution >= 4 is 34.9 Å². The van der Waals surface area contributed by atoms with E-state index in [1.807, 2.05) is 0 Å². The summed E-state index contributed by atoms with van der Waals surface area (Å²) in [5.41, 5.74) is 4.84. The van der Waals surface area contributed by atoms with Crippen LogP contribution in [0.25, 0.3) is 11.1 Å². The Morgan fingerprint density at radius 2 is 1.90 bits per heavy atom. The molecule has 112 valence electrons. The third-order valence-corrected chi connectivity index (χ3v) is 9.01. The maximum atomic E-state index is 5.56. The van der Waals surface area contributed by atoms with Crippen molar-refractivity contribution in [1.82, 2.24) is 0 Å². The van der Waals surface area contributed by atoms with E-state index in [1.54, 1.807) is 7.11 Å². The minimum absolute atomic E-state index is 0.770. The van der Waals surface area contributed by atoms with Gasteiger partial charge in [0.05, 0.1) is 0 Å². The van der Waals surface area contributed by atoms with Gasteiger partial charge in [-0.05, 0) is 0 Å². The zero-order valence-electron chi connectivity index (χ0n) is 13.1. The molecule has 0 saturated carbocycles. The molecule has 1 unspecified atom stereocenters. The van der Waals surface area contributed by atoms with E-state index in [1.165, 1.54) is 20.7 Å². The van der Waals surface area contributed by atoms with E-state index in [4.69, 9.17) is 4.74 Å². The van der Waals surface area contributed by atoms with E-state index in [0.717, 1.165) is 16.1 Å². The van der Waals surface area contributed by atoms with Crippen LogP contribution in [0.5, 0.6) is 5.75 Å². The SMILES string of the molecule is COc1ccc([As](C)CC(C)C)cc1-c1cccc(Br)c1. The molecule has 0 heterocycles. The van der Waals surface area contributed by atoms with Crippen LogP contribution in [0.3, 0.4) is 0 Å². The maximum absolute atomic E-state index is 5.56. The third-order valence-electron chi connectivity index (χ3n) is 3.40. The van der Waals surface area contributed by atoms with Crippen LogP contribution in [0, 0.1) is 5.92 Å². The van der Waals surface area contributed by atoms with E-state index in [0.29, 0.717) is 0 Å². The Kier molecular flexibility index (Phi) is 5.96. The number of methoxy groups -OCH3 is 1. The van der Waals surface area contributed by atoms with Crippen LogP contribution in [0.4, 0.5) is 0 Å². The van der Waals surface area contributed by atoms with E-state index >= 15 is 0 Å². The molecule has 0 aliphatic rings. The van der Waals surface area contributed by atoms with Crippen molar-refractivity contribution < 1.29 is 4.74 Å². The second-order valence-corrected chi connectivity index (χ2v) is 11.4. The molecule has 0 aromatic heterocycles. The summed E-state index contributed by atoms with van der Waals surface area (Å²) in [6.07, 6.45) is 0. The van der Waals surface area contributed by atoms with Crippen LogP contribution in [0.15, 0.2) is 46.9 Å². The second-order valence-electron chi connectivity index (χ2n) is 5.67. The first-order valence-electron chi connectivity index (χ1n) is 7.16. The average Bonchev–Trinajstić information content (AvgIpc) is 2.45. The molecule has 0 aliphatic carbocycles. The number of halogens is 1. The summed E-state index contributed by atoms with van der Waals surface area (Å²) in [7, 11) is 1.74. The Morgan fingerprint density at radius 3 is 2.52 bits per heavy atom. The predicted molar refractivity (Wildman–Crippen MR) is 97.0 cm³/mol. The Labute approximate surface area is 141 Å². The van der Waals surface area contributed by atoms with Gasteiger partial charge in [0.15, 0.2) is 0 Å². The molecule has 0 fully saturated rings. The Morgan fingerprint density at radius 1 is 1.14 bits per heavy atom. The number of benzene rings is 2. The minimum atomic E-state index is -0.953. The average molecular weight is 409 g/mol. The van der Waals surface area contributed by atoms with Crippen LogP contribution in [-0.2, 0) is 0 Å². The van der Waals surface area contributed by atoms with Crippen LogP contribution in [0.2, 0.25) is 10.9 Å². The predicted octanol–water partition coefficient (Wildman–Crippen LogP) is 5.11. The molecular weight excluding hydrogens is 387 g/mol. The van der Waals surface area contributed by atoms with Crippen LogP contribution < -0.4 is 9.09 Å². The molecule has 0 saturated heterocycles. The van der Waals surface area contributed by atoms with Crippen molar-refractivity contribution in [2.24, 2.45) is 5.92 Å². The number of ether oxygens (including phenoxy) is 1. The summed E-state index contributed by atoms with van der Waals surface area (Å²) in [5.74, 6) is 1.72. The van der Waals surface area contributed by atoms with E-state index in [2.05, 4.69) is 78.0 Å². The zero-order chi connectivity index (χ0) is 15.4. The molecule has 1 atom stereocenters. The van der Waals surface area contributed by atoms with Gasteiger partial charge in [-0.1, -0.05) is 0 Å². The van der Waals surface area contributed by atoms with Crippen molar-refractivity contribution in [2.45, 2.75) is 24.8 Å². The van der Waals surface area contributed by atoms with Crippen molar-refractivity contribution in [3.8, 4) is 16.9 Å². The van der Waals surface area contributed by atoms with E-state index in [-0.39, 0.29) is 0 Å². The molecule has 3 heteroatoms. The third kappa shape index (κ3) is 4.37. The molecule has 2 aromatic carbocycles.